The van der Waals surface area contributed by atoms with Gasteiger partial charge in [-0.25, -0.2) is 9.97 Å². The van der Waals surface area contributed by atoms with Gasteiger partial charge >= 0.3 is 0 Å². The molecule has 0 saturated heterocycles. The Morgan fingerprint density at radius 1 is 0.909 bits per heavy atom. The summed E-state index contributed by atoms with van der Waals surface area (Å²) >= 11 is 0. The molecule has 1 aliphatic carbocycles. The second-order valence-electron chi connectivity index (χ2n) is 6.01. The average Bonchev–Trinajstić information content (AvgIpc) is 2.76. The highest BCUT2D eigenvalue weighted by molar-refractivity contribution is 5.59. The molecule has 1 fully saturated rings. The van der Waals surface area contributed by atoms with Crippen molar-refractivity contribution in [3.63, 3.8) is 0 Å². The van der Waals surface area contributed by atoms with Gasteiger partial charge in [0.25, 0.3) is 0 Å². The molecule has 0 atom stereocenters. The van der Waals surface area contributed by atoms with E-state index in [0.29, 0.717) is 6.04 Å². The van der Waals surface area contributed by atoms with Gasteiger partial charge in [0.15, 0.2) is 0 Å². The van der Waals surface area contributed by atoms with E-state index in [2.05, 4.69) is 20.6 Å². The molecule has 0 bridgehead atoms. The number of rotatable bonds is 4. The van der Waals surface area contributed by atoms with Gasteiger partial charge in [-0.05, 0) is 31.9 Å². The molecule has 1 aromatic heterocycles. The summed E-state index contributed by atoms with van der Waals surface area (Å²) in [5, 5.41) is 6.94. The molecular formula is C18H24N4. The fourth-order valence-electron chi connectivity index (χ4n) is 3.01. The van der Waals surface area contributed by atoms with Crippen molar-refractivity contribution in [1.29, 1.82) is 0 Å². The largest absolute Gasteiger partial charge is 0.367 e. The molecule has 22 heavy (non-hydrogen) atoms. The minimum absolute atomic E-state index is 0.543. The van der Waals surface area contributed by atoms with Crippen LogP contribution in [0.25, 0.3) is 0 Å². The van der Waals surface area contributed by atoms with E-state index in [1.54, 1.807) is 0 Å². The summed E-state index contributed by atoms with van der Waals surface area (Å²) in [7, 11) is 0. The van der Waals surface area contributed by atoms with Gasteiger partial charge in [-0.2, -0.15) is 0 Å². The van der Waals surface area contributed by atoms with Gasteiger partial charge < -0.3 is 10.6 Å². The molecule has 4 nitrogen and oxygen atoms in total. The highest BCUT2D eigenvalue weighted by Gasteiger charge is 2.13. The van der Waals surface area contributed by atoms with Crippen LogP contribution in [-0.2, 0) is 0 Å². The van der Waals surface area contributed by atoms with E-state index in [-0.39, 0.29) is 0 Å². The van der Waals surface area contributed by atoms with Crippen LogP contribution >= 0.6 is 0 Å². The van der Waals surface area contributed by atoms with Crippen LogP contribution in [0.3, 0.4) is 0 Å². The summed E-state index contributed by atoms with van der Waals surface area (Å²) in [6.07, 6.45) is 7.84. The summed E-state index contributed by atoms with van der Waals surface area (Å²) in [6, 6.07) is 12.7. The zero-order valence-electron chi connectivity index (χ0n) is 13.2. The summed E-state index contributed by atoms with van der Waals surface area (Å²) < 4.78 is 0. The molecule has 1 heterocycles. The summed E-state index contributed by atoms with van der Waals surface area (Å²) in [4.78, 5) is 9.02. The number of nitrogens with zero attached hydrogens (tertiary/aromatic N) is 2. The van der Waals surface area contributed by atoms with Gasteiger partial charge in [0.2, 0.25) is 0 Å². The quantitative estimate of drug-likeness (QED) is 0.805. The van der Waals surface area contributed by atoms with Crippen molar-refractivity contribution in [1.82, 2.24) is 9.97 Å². The Morgan fingerprint density at radius 3 is 2.32 bits per heavy atom. The number of aromatic nitrogens is 2. The third-order valence-electron chi connectivity index (χ3n) is 4.09. The van der Waals surface area contributed by atoms with E-state index in [0.717, 1.165) is 23.1 Å². The van der Waals surface area contributed by atoms with Crippen molar-refractivity contribution in [2.45, 2.75) is 51.5 Å². The molecule has 4 heteroatoms. The zero-order valence-corrected chi connectivity index (χ0v) is 13.2. The van der Waals surface area contributed by atoms with Crippen LogP contribution in [-0.4, -0.2) is 16.0 Å². The van der Waals surface area contributed by atoms with Gasteiger partial charge in [-0.1, -0.05) is 43.9 Å². The lowest BCUT2D eigenvalue weighted by molar-refractivity contribution is 0.617. The van der Waals surface area contributed by atoms with E-state index in [4.69, 9.17) is 0 Å². The van der Waals surface area contributed by atoms with Crippen LogP contribution in [0.1, 0.15) is 44.3 Å². The van der Waals surface area contributed by atoms with Gasteiger partial charge in [-0.3, -0.25) is 0 Å². The van der Waals surface area contributed by atoms with Crippen LogP contribution in [0.2, 0.25) is 0 Å². The summed E-state index contributed by atoms with van der Waals surface area (Å²) in [5.41, 5.74) is 1.04. The molecule has 1 aromatic carbocycles. The summed E-state index contributed by atoms with van der Waals surface area (Å²) in [5.74, 6) is 2.56. The Bertz CT molecular complexity index is 589. The monoisotopic (exact) mass is 296 g/mol. The fourth-order valence-corrected chi connectivity index (χ4v) is 3.01. The van der Waals surface area contributed by atoms with Crippen LogP contribution in [0.15, 0.2) is 36.4 Å². The lowest BCUT2D eigenvalue weighted by Gasteiger charge is -2.17. The minimum atomic E-state index is 0.543. The molecule has 1 aliphatic rings. The number of benzene rings is 1. The molecule has 3 rings (SSSR count). The van der Waals surface area contributed by atoms with E-state index < -0.39 is 0 Å². The van der Waals surface area contributed by atoms with Crippen LogP contribution in [0.4, 0.5) is 17.3 Å². The molecule has 2 N–H and O–H groups in total. The standard InChI is InChI=1S/C18H24N4/c1-14-19-17(21-15-9-5-2-3-6-10-15)13-18(20-14)22-16-11-7-4-8-12-16/h4,7-8,11-13,15H,2-3,5-6,9-10H2,1H3,(H2,19,20,21,22). The normalized spacial score (nSPS) is 16.0. The van der Waals surface area contributed by atoms with Crippen LogP contribution in [0, 0.1) is 6.92 Å². The molecule has 0 spiro atoms. The molecule has 116 valence electrons. The lowest BCUT2D eigenvalue weighted by Crippen LogP contribution is -2.19. The molecule has 0 radical (unpaired) electrons. The predicted octanol–water partition coefficient (Wildman–Crippen LogP) is 4.66. The first-order valence-electron chi connectivity index (χ1n) is 8.24. The Labute approximate surface area is 132 Å². The average molecular weight is 296 g/mol. The third-order valence-corrected chi connectivity index (χ3v) is 4.09. The summed E-state index contributed by atoms with van der Waals surface area (Å²) in [6.45, 7) is 1.94. The van der Waals surface area contributed by atoms with Gasteiger partial charge in [0.05, 0.1) is 0 Å². The van der Waals surface area contributed by atoms with E-state index >= 15 is 0 Å². The van der Waals surface area contributed by atoms with Crippen molar-refractivity contribution in [3.8, 4) is 0 Å². The Kier molecular flexibility index (Phi) is 4.88. The van der Waals surface area contributed by atoms with Crippen LogP contribution < -0.4 is 10.6 Å². The maximum absolute atomic E-state index is 4.54. The Balaban J connectivity index is 1.71. The van der Waals surface area contributed by atoms with Crippen molar-refractivity contribution >= 4 is 17.3 Å². The highest BCUT2D eigenvalue weighted by atomic mass is 15.1. The van der Waals surface area contributed by atoms with Crippen LogP contribution in [0.5, 0.6) is 0 Å². The Hall–Kier alpha value is -2.10. The maximum atomic E-state index is 4.54. The van der Waals surface area contributed by atoms with Gasteiger partial charge in [-0.15, -0.1) is 0 Å². The minimum Gasteiger partial charge on any atom is -0.367 e. The molecule has 0 unspecified atom stereocenters. The molecule has 1 saturated carbocycles. The molecule has 0 aliphatic heterocycles. The molecule has 0 amide bonds. The number of nitrogens with one attached hydrogen (secondary N) is 2. The SMILES string of the molecule is Cc1nc(Nc2ccccc2)cc(NC2CCCCCC2)n1. The predicted molar refractivity (Wildman–Crippen MR) is 91.6 cm³/mol. The van der Waals surface area contributed by atoms with E-state index in [9.17, 15) is 0 Å². The van der Waals surface area contributed by atoms with Crippen molar-refractivity contribution in [2.75, 3.05) is 10.6 Å². The number of aryl methyl sites for hydroxylation is 1. The highest BCUT2D eigenvalue weighted by Crippen LogP contribution is 2.22. The van der Waals surface area contributed by atoms with Gasteiger partial charge in [0, 0.05) is 17.8 Å². The third kappa shape index (κ3) is 4.20. The lowest BCUT2D eigenvalue weighted by atomic mass is 10.1. The first-order chi connectivity index (χ1) is 10.8. The smallest absolute Gasteiger partial charge is 0.136 e. The van der Waals surface area contributed by atoms with Crippen molar-refractivity contribution in [3.05, 3.63) is 42.2 Å². The fraction of sp³-hybridized carbons (Fsp3) is 0.444. The van der Waals surface area contributed by atoms with Crippen molar-refractivity contribution < 1.29 is 0 Å². The van der Waals surface area contributed by atoms with Crippen molar-refractivity contribution in [2.24, 2.45) is 0 Å². The first-order valence-corrected chi connectivity index (χ1v) is 8.24. The molecule has 2 aromatic rings. The number of anilines is 3. The molecular weight excluding hydrogens is 272 g/mol. The Morgan fingerprint density at radius 2 is 1.59 bits per heavy atom. The zero-order chi connectivity index (χ0) is 15.2. The van der Waals surface area contributed by atoms with Gasteiger partial charge in [0.1, 0.15) is 17.5 Å². The number of hydrogen-bond donors (Lipinski definition) is 2. The maximum Gasteiger partial charge on any atom is 0.136 e. The second kappa shape index (κ2) is 7.25. The second-order valence-corrected chi connectivity index (χ2v) is 6.01. The number of para-hydroxylation sites is 1. The number of hydrogen-bond acceptors (Lipinski definition) is 4. The van der Waals surface area contributed by atoms with E-state index in [1.165, 1.54) is 38.5 Å². The van der Waals surface area contributed by atoms with E-state index in [1.807, 2.05) is 43.3 Å². The topological polar surface area (TPSA) is 49.8 Å². The first kappa shape index (κ1) is 14.8.